The summed E-state index contributed by atoms with van der Waals surface area (Å²) in [4.78, 5) is 23.0. The van der Waals surface area contributed by atoms with E-state index in [1.165, 1.54) is 0 Å². The van der Waals surface area contributed by atoms with Gasteiger partial charge in [-0.2, -0.15) is 5.10 Å². The second-order valence-electron chi connectivity index (χ2n) is 6.93. The van der Waals surface area contributed by atoms with Gasteiger partial charge in [0.05, 0.1) is 10.6 Å². The molecule has 146 valence electrons. The number of hydrogen-bond acceptors (Lipinski definition) is 6. The van der Waals surface area contributed by atoms with Gasteiger partial charge in [-0.3, -0.25) is 20.2 Å². The van der Waals surface area contributed by atoms with Gasteiger partial charge in [0.2, 0.25) is 0 Å². The molecule has 0 bridgehead atoms. The first kappa shape index (κ1) is 18.5. The maximum absolute atomic E-state index is 13.0. The van der Waals surface area contributed by atoms with Gasteiger partial charge in [0, 0.05) is 11.8 Å². The van der Waals surface area contributed by atoms with Crippen molar-refractivity contribution in [1.82, 2.24) is 10.4 Å². The lowest BCUT2D eigenvalue weighted by Crippen LogP contribution is -2.47. The number of ketones is 1. The second kappa shape index (κ2) is 8.08. The van der Waals surface area contributed by atoms with Crippen molar-refractivity contribution in [3.63, 3.8) is 0 Å². The van der Waals surface area contributed by atoms with Crippen LogP contribution in [0.25, 0.3) is 6.08 Å². The summed E-state index contributed by atoms with van der Waals surface area (Å²) in [7, 11) is 0. The van der Waals surface area contributed by atoms with E-state index >= 15 is 0 Å². The molecule has 0 saturated carbocycles. The monoisotopic (exact) mass is 410 g/mol. The van der Waals surface area contributed by atoms with Crippen LogP contribution in [0.1, 0.15) is 16.8 Å². The number of nitrogens with zero attached hydrogens (tertiary/aromatic N) is 3. The number of pyridine rings is 1. The Bertz CT molecular complexity index is 1160. The Morgan fingerprint density at radius 1 is 0.900 bits per heavy atom. The molecule has 2 aliphatic heterocycles. The zero-order valence-corrected chi connectivity index (χ0v) is 16.8. The zero-order valence-electron chi connectivity index (χ0n) is 16.0. The number of aromatic nitrogens is 1. The molecular formula is C24H18N4OS. The summed E-state index contributed by atoms with van der Waals surface area (Å²) in [6, 6.07) is 25.0. The Labute approximate surface area is 178 Å². The highest BCUT2D eigenvalue weighted by atomic mass is 32.2. The van der Waals surface area contributed by atoms with Crippen molar-refractivity contribution in [2.75, 3.05) is 0 Å². The third-order valence-electron chi connectivity index (χ3n) is 4.95. The molecule has 1 saturated heterocycles. The summed E-state index contributed by atoms with van der Waals surface area (Å²) >= 11 is 1.55. The average Bonchev–Trinajstić information content (AvgIpc) is 2.83. The maximum Gasteiger partial charge on any atom is 0.185 e. The van der Waals surface area contributed by atoms with E-state index in [9.17, 15) is 4.79 Å². The van der Waals surface area contributed by atoms with Crippen LogP contribution in [-0.2, 0) is 4.79 Å². The van der Waals surface area contributed by atoms with E-state index in [0.29, 0.717) is 11.5 Å². The van der Waals surface area contributed by atoms with Crippen molar-refractivity contribution in [3.05, 3.63) is 107 Å². The predicted octanol–water partition coefficient (Wildman–Crippen LogP) is 3.93. The fraction of sp³-hybridized carbons (Fsp3) is 0.0833. The van der Waals surface area contributed by atoms with Gasteiger partial charge in [-0.05, 0) is 23.8 Å². The molecule has 30 heavy (non-hydrogen) atoms. The molecule has 5 nitrogen and oxygen atoms in total. The Hall–Kier alpha value is -3.51. The summed E-state index contributed by atoms with van der Waals surface area (Å²) in [6.45, 7) is 0. The molecule has 0 radical (unpaired) electrons. The first-order valence-electron chi connectivity index (χ1n) is 9.65. The van der Waals surface area contributed by atoms with Crippen molar-refractivity contribution in [3.8, 4) is 0 Å². The molecule has 0 aliphatic carbocycles. The van der Waals surface area contributed by atoms with E-state index in [2.05, 4.69) is 15.5 Å². The van der Waals surface area contributed by atoms with Crippen LogP contribution in [0, 0.1) is 0 Å². The highest BCUT2D eigenvalue weighted by Crippen LogP contribution is 2.42. The summed E-state index contributed by atoms with van der Waals surface area (Å²) in [5.41, 5.74) is 6.46. The number of carbonyl (C=O) groups excluding carboxylic acids is 1. The number of rotatable bonds is 4. The molecule has 3 aromatic rings. The first-order chi connectivity index (χ1) is 14.8. The minimum absolute atomic E-state index is 0.100. The highest BCUT2D eigenvalue weighted by molar-refractivity contribution is 8.08. The van der Waals surface area contributed by atoms with Gasteiger partial charge < -0.3 is 0 Å². The molecule has 1 N–H and O–H groups in total. The number of aliphatic imine (C=N–C) groups is 1. The van der Waals surface area contributed by atoms with Crippen molar-refractivity contribution in [1.29, 1.82) is 0 Å². The van der Waals surface area contributed by atoms with Crippen molar-refractivity contribution in [2.45, 2.75) is 11.3 Å². The van der Waals surface area contributed by atoms with E-state index < -0.39 is 0 Å². The van der Waals surface area contributed by atoms with E-state index in [4.69, 9.17) is 4.99 Å². The zero-order chi connectivity index (χ0) is 20.3. The topological polar surface area (TPSA) is 66.7 Å². The van der Waals surface area contributed by atoms with Crippen LogP contribution in [0.2, 0.25) is 0 Å². The number of hydrogen-bond donors (Lipinski definition) is 1. The van der Waals surface area contributed by atoms with Gasteiger partial charge in [-0.15, -0.1) is 11.8 Å². The SMILES string of the molecule is O=C1/C(=C\c2ccccc2)SC1C1N=C(c2ccccn2)NN=C1c1ccccc1. The van der Waals surface area contributed by atoms with Crippen molar-refractivity contribution in [2.24, 2.45) is 10.1 Å². The van der Waals surface area contributed by atoms with Crippen LogP contribution in [0.15, 0.2) is 100 Å². The molecule has 6 heteroatoms. The van der Waals surface area contributed by atoms with Crippen LogP contribution in [0.3, 0.4) is 0 Å². The van der Waals surface area contributed by atoms with E-state index in [0.717, 1.165) is 21.7 Å². The quantitative estimate of drug-likeness (QED) is 0.662. The smallest absolute Gasteiger partial charge is 0.185 e. The average molecular weight is 411 g/mol. The molecular weight excluding hydrogens is 392 g/mol. The number of benzene rings is 2. The fourth-order valence-corrected chi connectivity index (χ4v) is 4.52. The normalized spacial score (nSPS) is 22.0. The maximum atomic E-state index is 13.0. The van der Waals surface area contributed by atoms with Crippen LogP contribution < -0.4 is 5.43 Å². The predicted molar refractivity (Wildman–Crippen MR) is 121 cm³/mol. The highest BCUT2D eigenvalue weighted by Gasteiger charge is 2.44. The Balaban J connectivity index is 1.47. The third kappa shape index (κ3) is 3.57. The molecule has 2 atom stereocenters. The second-order valence-corrected chi connectivity index (χ2v) is 8.12. The molecule has 0 amide bonds. The summed E-state index contributed by atoms with van der Waals surface area (Å²) in [5.74, 6) is 0.678. The largest absolute Gasteiger partial charge is 0.292 e. The number of amidine groups is 1. The minimum atomic E-state index is -0.379. The lowest BCUT2D eigenvalue weighted by Gasteiger charge is -2.34. The number of nitrogens with one attached hydrogen (secondary N) is 1. The van der Waals surface area contributed by atoms with Crippen molar-refractivity contribution >= 4 is 35.2 Å². The van der Waals surface area contributed by atoms with E-state index in [1.54, 1.807) is 18.0 Å². The molecule has 1 fully saturated rings. The number of Topliss-reactive ketones (excluding diaryl/α,β-unsaturated/α-hetero) is 1. The van der Waals surface area contributed by atoms with Gasteiger partial charge in [0.1, 0.15) is 17.0 Å². The van der Waals surface area contributed by atoms with Crippen LogP contribution >= 0.6 is 11.8 Å². The first-order valence-corrected chi connectivity index (χ1v) is 10.5. The third-order valence-corrected chi connectivity index (χ3v) is 6.25. The number of hydrazone groups is 1. The van der Waals surface area contributed by atoms with Gasteiger partial charge in [0.25, 0.3) is 0 Å². The molecule has 1 aromatic heterocycles. The van der Waals surface area contributed by atoms with Crippen LogP contribution in [0.4, 0.5) is 0 Å². The molecule has 2 aromatic carbocycles. The fourth-order valence-electron chi connectivity index (χ4n) is 3.43. The van der Waals surface area contributed by atoms with E-state index in [1.807, 2.05) is 84.9 Å². The molecule has 2 aliphatic rings. The Morgan fingerprint density at radius 3 is 2.33 bits per heavy atom. The van der Waals surface area contributed by atoms with Crippen molar-refractivity contribution < 1.29 is 4.79 Å². The number of thioether (sulfide) groups is 1. The molecule has 0 spiro atoms. The summed E-state index contributed by atoms with van der Waals surface area (Å²) in [5, 5.41) is 4.29. The summed E-state index contributed by atoms with van der Waals surface area (Å²) < 4.78 is 0. The standard InChI is InChI=1S/C24H18N4OS/c29-22-19(15-16-9-3-1-4-10-16)30-23(22)21-20(17-11-5-2-6-12-17)27-28-24(26-21)18-13-7-8-14-25-18/h1-15,21,23H,(H,26,28)/b19-15+. The van der Waals surface area contributed by atoms with Crippen LogP contribution in [0.5, 0.6) is 0 Å². The van der Waals surface area contributed by atoms with E-state index in [-0.39, 0.29) is 17.1 Å². The minimum Gasteiger partial charge on any atom is -0.292 e. The Kier molecular flexibility index (Phi) is 4.99. The molecule has 2 unspecified atom stereocenters. The molecule has 3 heterocycles. The van der Waals surface area contributed by atoms with Gasteiger partial charge in [-0.25, -0.2) is 0 Å². The number of allylic oxidation sites excluding steroid dienone is 1. The molecule has 5 rings (SSSR count). The van der Waals surface area contributed by atoms with Gasteiger partial charge >= 0.3 is 0 Å². The van der Waals surface area contributed by atoms with Gasteiger partial charge in [0.15, 0.2) is 11.6 Å². The lowest BCUT2D eigenvalue weighted by atomic mass is 9.96. The van der Waals surface area contributed by atoms with Crippen LogP contribution in [-0.4, -0.2) is 33.6 Å². The summed E-state index contributed by atoms with van der Waals surface area (Å²) in [6.07, 6.45) is 3.65. The number of carbonyl (C=O) groups is 1. The Morgan fingerprint density at radius 2 is 1.63 bits per heavy atom. The lowest BCUT2D eigenvalue weighted by molar-refractivity contribution is -0.115. The van der Waals surface area contributed by atoms with Gasteiger partial charge in [-0.1, -0.05) is 66.7 Å².